The van der Waals surface area contributed by atoms with E-state index in [1.807, 2.05) is 0 Å². The Morgan fingerprint density at radius 2 is 2.22 bits per heavy atom. The van der Waals surface area contributed by atoms with Gasteiger partial charge in [0.15, 0.2) is 9.90 Å². The molecular formula is C8H10N2O6S2. The van der Waals surface area contributed by atoms with Crippen molar-refractivity contribution in [2.75, 3.05) is 13.7 Å². The number of hydrogen-bond acceptors (Lipinski definition) is 7. The van der Waals surface area contributed by atoms with Crippen LogP contribution in [0.5, 0.6) is 0 Å². The molecule has 0 atom stereocenters. The molecule has 0 saturated carbocycles. The number of carbonyl (C=O) groups is 2. The average molecular weight is 294 g/mol. The molecule has 0 spiro atoms. The highest BCUT2D eigenvalue weighted by atomic mass is 32.2. The molecule has 0 radical (unpaired) electrons. The summed E-state index contributed by atoms with van der Waals surface area (Å²) in [6, 6.07) is 0. The number of esters is 1. The summed E-state index contributed by atoms with van der Waals surface area (Å²) >= 11 is 0.691. The van der Waals surface area contributed by atoms with Gasteiger partial charge in [-0.15, -0.1) is 11.3 Å². The molecule has 0 aliphatic rings. The molecule has 1 heterocycles. The number of carbonyl (C=O) groups excluding carboxylic acids is 1. The first-order chi connectivity index (χ1) is 8.38. The highest BCUT2D eigenvalue weighted by Gasteiger charge is 2.25. The summed E-state index contributed by atoms with van der Waals surface area (Å²) in [5.74, 6) is -2.00. The summed E-state index contributed by atoms with van der Waals surface area (Å²) in [4.78, 5) is 25.0. The minimum absolute atomic E-state index is 0.142. The van der Waals surface area contributed by atoms with Gasteiger partial charge in [0.1, 0.15) is 0 Å². The van der Waals surface area contributed by atoms with Crippen molar-refractivity contribution >= 4 is 33.3 Å². The van der Waals surface area contributed by atoms with E-state index in [0.717, 1.165) is 5.51 Å². The minimum Gasteiger partial charge on any atom is -0.476 e. The summed E-state index contributed by atoms with van der Waals surface area (Å²) < 4.78 is 29.5. The van der Waals surface area contributed by atoms with Crippen molar-refractivity contribution in [2.24, 2.45) is 0 Å². The van der Waals surface area contributed by atoms with Crippen molar-refractivity contribution < 1.29 is 27.9 Å². The van der Waals surface area contributed by atoms with E-state index in [0.29, 0.717) is 11.3 Å². The van der Waals surface area contributed by atoms with Crippen LogP contribution in [0.4, 0.5) is 0 Å². The molecule has 0 bridgehead atoms. The van der Waals surface area contributed by atoms with Gasteiger partial charge in [0.25, 0.3) is 10.0 Å². The Labute approximate surface area is 107 Å². The monoisotopic (exact) mass is 294 g/mol. The molecule has 0 aliphatic heterocycles. The summed E-state index contributed by atoms with van der Waals surface area (Å²) in [5, 5.41) is 8.75. The Hall–Kier alpha value is -1.52. The van der Waals surface area contributed by atoms with Crippen LogP contribution in [0.1, 0.15) is 16.9 Å². The molecule has 1 rings (SSSR count). The van der Waals surface area contributed by atoms with E-state index >= 15 is 0 Å². The highest BCUT2D eigenvalue weighted by molar-refractivity contribution is 7.91. The standard InChI is InChI=1S/C8H10N2O6S2/c1-16-5(11)2-3-10-18(14,15)8-6(7(12)13)9-4-17-8/h4,10H,2-3H2,1H3,(H,12,13). The number of thiazole rings is 1. The predicted octanol–water partition coefficient (Wildman–Crippen LogP) is -0.317. The lowest BCUT2D eigenvalue weighted by molar-refractivity contribution is -0.140. The van der Waals surface area contributed by atoms with Gasteiger partial charge >= 0.3 is 11.9 Å². The summed E-state index contributed by atoms with van der Waals surface area (Å²) in [7, 11) is -2.80. The fourth-order valence-corrected chi connectivity index (χ4v) is 3.24. The van der Waals surface area contributed by atoms with Crippen LogP contribution in [-0.4, -0.2) is 44.1 Å². The van der Waals surface area contributed by atoms with Gasteiger partial charge in [-0.05, 0) is 0 Å². The molecular weight excluding hydrogens is 284 g/mol. The van der Waals surface area contributed by atoms with Gasteiger partial charge in [0.2, 0.25) is 0 Å². The lowest BCUT2D eigenvalue weighted by Gasteiger charge is -2.04. The number of carboxylic acids is 1. The maximum absolute atomic E-state index is 11.7. The first-order valence-corrected chi connectivity index (χ1v) is 6.98. The predicted molar refractivity (Wildman–Crippen MR) is 60.9 cm³/mol. The maximum Gasteiger partial charge on any atom is 0.356 e. The van der Waals surface area contributed by atoms with Gasteiger partial charge < -0.3 is 9.84 Å². The lowest BCUT2D eigenvalue weighted by atomic mass is 10.4. The number of ether oxygens (including phenoxy) is 1. The Kier molecular flexibility index (Phi) is 4.76. The summed E-state index contributed by atoms with van der Waals surface area (Å²) in [6.07, 6.45) is -0.142. The van der Waals surface area contributed by atoms with Crippen LogP contribution in [0, 0.1) is 0 Å². The first kappa shape index (κ1) is 14.5. The molecule has 10 heteroatoms. The first-order valence-electron chi connectivity index (χ1n) is 4.61. The van der Waals surface area contributed by atoms with Crippen molar-refractivity contribution in [3.63, 3.8) is 0 Å². The molecule has 0 unspecified atom stereocenters. The third-order valence-corrected chi connectivity index (χ3v) is 4.66. The number of nitrogens with one attached hydrogen (secondary N) is 1. The number of nitrogens with zero attached hydrogens (tertiary/aromatic N) is 1. The average Bonchev–Trinajstić information content (AvgIpc) is 2.78. The highest BCUT2D eigenvalue weighted by Crippen LogP contribution is 2.19. The Morgan fingerprint density at radius 1 is 1.56 bits per heavy atom. The quantitative estimate of drug-likeness (QED) is 0.689. The molecule has 0 amide bonds. The molecule has 2 N–H and O–H groups in total. The van der Waals surface area contributed by atoms with Crippen molar-refractivity contribution in [3.8, 4) is 0 Å². The van der Waals surface area contributed by atoms with Gasteiger partial charge in [-0.3, -0.25) is 4.79 Å². The number of aromatic nitrogens is 1. The van der Waals surface area contributed by atoms with Crippen LogP contribution in [0.15, 0.2) is 9.72 Å². The SMILES string of the molecule is COC(=O)CCNS(=O)(=O)c1scnc1C(=O)O. The molecule has 1 aromatic rings. The molecule has 8 nitrogen and oxygen atoms in total. The van der Waals surface area contributed by atoms with Crippen molar-refractivity contribution in [2.45, 2.75) is 10.6 Å². The summed E-state index contributed by atoms with van der Waals surface area (Å²) in [5.41, 5.74) is 0.587. The smallest absolute Gasteiger partial charge is 0.356 e. The van der Waals surface area contributed by atoms with E-state index in [-0.39, 0.29) is 17.2 Å². The van der Waals surface area contributed by atoms with Crippen LogP contribution in [-0.2, 0) is 19.6 Å². The molecule has 0 aromatic carbocycles. The van der Waals surface area contributed by atoms with Gasteiger partial charge in [-0.1, -0.05) is 0 Å². The zero-order valence-corrected chi connectivity index (χ0v) is 10.9. The van der Waals surface area contributed by atoms with E-state index in [9.17, 15) is 18.0 Å². The molecule has 0 aliphatic carbocycles. The third-order valence-electron chi connectivity index (χ3n) is 1.83. The zero-order valence-electron chi connectivity index (χ0n) is 9.24. The van der Waals surface area contributed by atoms with Crippen LogP contribution in [0.3, 0.4) is 0 Å². The molecule has 18 heavy (non-hydrogen) atoms. The molecule has 100 valence electrons. The molecule has 0 fully saturated rings. The summed E-state index contributed by atoms with van der Waals surface area (Å²) in [6.45, 7) is -0.175. The van der Waals surface area contributed by atoms with Crippen molar-refractivity contribution in [1.82, 2.24) is 9.71 Å². The van der Waals surface area contributed by atoms with Gasteiger partial charge in [-0.2, -0.15) is 0 Å². The largest absolute Gasteiger partial charge is 0.476 e. The van der Waals surface area contributed by atoms with Gasteiger partial charge in [-0.25, -0.2) is 22.9 Å². The van der Waals surface area contributed by atoms with E-state index in [2.05, 4.69) is 14.4 Å². The lowest BCUT2D eigenvalue weighted by Crippen LogP contribution is -2.27. The van der Waals surface area contributed by atoms with Crippen LogP contribution >= 0.6 is 11.3 Å². The zero-order chi connectivity index (χ0) is 13.8. The van der Waals surface area contributed by atoms with E-state index in [1.165, 1.54) is 7.11 Å². The van der Waals surface area contributed by atoms with Crippen LogP contribution in [0.25, 0.3) is 0 Å². The van der Waals surface area contributed by atoms with Crippen molar-refractivity contribution in [3.05, 3.63) is 11.2 Å². The molecule has 0 saturated heterocycles. The Balaban J connectivity index is 2.78. The number of methoxy groups -OCH3 is 1. The van der Waals surface area contributed by atoms with E-state index < -0.39 is 27.7 Å². The second-order valence-corrected chi connectivity index (χ2v) is 5.83. The number of carboxylic acid groups (broad SMARTS) is 1. The fourth-order valence-electron chi connectivity index (χ4n) is 1.02. The minimum atomic E-state index is -3.98. The van der Waals surface area contributed by atoms with Gasteiger partial charge in [0, 0.05) is 6.54 Å². The second kappa shape index (κ2) is 5.89. The topological polar surface area (TPSA) is 123 Å². The van der Waals surface area contributed by atoms with Crippen LogP contribution < -0.4 is 4.72 Å². The van der Waals surface area contributed by atoms with E-state index in [4.69, 9.17) is 5.11 Å². The van der Waals surface area contributed by atoms with Crippen LogP contribution in [0.2, 0.25) is 0 Å². The van der Waals surface area contributed by atoms with E-state index in [1.54, 1.807) is 0 Å². The number of aromatic carboxylic acids is 1. The Morgan fingerprint density at radius 3 is 2.78 bits per heavy atom. The third kappa shape index (κ3) is 3.48. The Bertz CT molecular complexity index is 550. The molecule has 1 aromatic heterocycles. The maximum atomic E-state index is 11.7. The fraction of sp³-hybridized carbons (Fsp3) is 0.375. The number of hydrogen-bond donors (Lipinski definition) is 2. The van der Waals surface area contributed by atoms with Crippen molar-refractivity contribution in [1.29, 1.82) is 0 Å². The van der Waals surface area contributed by atoms with Gasteiger partial charge in [0.05, 0.1) is 19.0 Å². The number of sulfonamides is 1. The number of rotatable bonds is 6. The normalized spacial score (nSPS) is 11.2. The second-order valence-electron chi connectivity index (χ2n) is 3.02.